The summed E-state index contributed by atoms with van der Waals surface area (Å²) < 4.78 is 4.90. The van der Waals surface area contributed by atoms with E-state index >= 15 is 0 Å². The van der Waals surface area contributed by atoms with E-state index in [0.29, 0.717) is 0 Å². The van der Waals surface area contributed by atoms with Crippen molar-refractivity contribution in [2.45, 2.75) is 46.2 Å². The highest BCUT2D eigenvalue weighted by molar-refractivity contribution is 5.76. The number of carbonyl (C=O) groups excluding carboxylic acids is 1. The third-order valence-corrected chi connectivity index (χ3v) is 4.04. The number of methoxy groups -OCH3 is 1. The van der Waals surface area contributed by atoms with Crippen LogP contribution in [0.15, 0.2) is 12.1 Å². The smallest absolute Gasteiger partial charge is 0.323 e. The summed E-state index contributed by atoms with van der Waals surface area (Å²) in [6.45, 7) is 8.25. The monoisotopic (exact) mass is 261 g/mol. The van der Waals surface area contributed by atoms with Crippen molar-refractivity contribution in [3.8, 4) is 0 Å². The number of likely N-dealkylation sites (tertiary alicyclic amines) is 1. The molecule has 0 N–H and O–H groups in total. The fraction of sp³-hybridized carbons (Fsp3) is 0.562. The second-order valence-electron chi connectivity index (χ2n) is 5.53. The van der Waals surface area contributed by atoms with Gasteiger partial charge in [0, 0.05) is 6.54 Å². The molecular formula is C16H23NO2. The third-order valence-electron chi connectivity index (χ3n) is 4.04. The molecule has 0 aliphatic carbocycles. The van der Waals surface area contributed by atoms with Crippen molar-refractivity contribution in [1.82, 2.24) is 4.90 Å². The molecule has 1 atom stereocenters. The molecule has 1 aliphatic rings. The highest BCUT2D eigenvalue weighted by Gasteiger charge is 2.31. The minimum Gasteiger partial charge on any atom is -0.468 e. The predicted octanol–water partition coefficient (Wildman–Crippen LogP) is 2.75. The summed E-state index contributed by atoms with van der Waals surface area (Å²) >= 11 is 0. The lowest BCUT2D eigenvalue weighted by molar-refractivity contribution is -0.146. The minimum absolute atomic E-state index is 0.0647. The molecule has 0 spiro atoms. The molecule has 0 aromatic heterocycles. The lowest BCUT2D eigenvalue weighted by Gasteiger charge is -2.24. The molecule has 1 unspecified atom stereocenters. The Kier molecular flexibility index (Phi) is 4.25. The SMILES string of the molecule is COC(=O)C1CCCN1Cc1c(C)cc(C)cc1C. The van der Waals surface area contributed by atoms with Gasteiger partial charge in [-0.3, -0.25) is 9.69 Å². The highest BCUT2D eigenvalue weighted by atomic mass is 16.5. The summed E-state index contributed by atoms with van der Waals surface area (Å²) in [5, 5.41) is 0. The summed E-state index contributed by atoms with van der Waals surface area (Å²) in [7, 11) is 1.47. The second-order valence-corrected chi connectivity index (χ2v) is 5.53. The molecule has 104 valence electrons. The maximum atomic E-state index is 11.8. The zero-order valence-corrected chi connectivity index (χ0v) is 12.3. The van der Waals surface area contributed by atoms with Crippen LogP contribution in [-0.4, -0.2) is 30.6 Å². The Morgan fingerprint density at radius 1 is 1.32 bits per heavy atom. The van der Waals surface area contributed by atoms with E-state index < -0.39 is 0 Å². The van der Waals surface area contributed by atoms with Crippen LogP contribution in [0.25, 0.3) is 0 Å². The molecule has 1 fully saturated rings. The first-order chi connectivity index (χ1) is 9.02. The Morgan fingerprint density at radius 3 is 2.53 bits per heavy atom. The van der Waals surface area contributed by atoms with Gasteiger partial charge in [0.1, 0.15) is 6.04 Å². The average Bonchev–Trinajstić information content (AvgIpc) is 2.80. The standard InChI is InChI=1S/C16H23NO2/c1-11-8-12(2)14(13(3)9-11)10-17-7-5-6-15(17)16(18)19-4/h8-9,15H,5-7,10H2,1-4H3. The van der Waals surface area contributed by atoms with Crippen LogP contribution in [0.4, 0.5) is 0 Å². The molecular weight excluding hydrogens is 238 g/mol. The molecule has 2 rings (SSSR count). The highest BCUT2D eigenvalue weighted by Crippen LogP contribution is 2.24. The van der Waals surface area contributed by atoms with Gasteiger partial charge in [-0.05, 0) is 56.8 Å². The van der Waals surface area contributed by atoms with Crippen molar-refractivity contribution >= 4 is 5.97 Å². The Labute approximate surface area is 115 Å². The first-order valence-electron chi connectivity index (χ1n) is 6.91. The van der Waals surface area contributed by atoms with Crippen molar-refractivity contribution < 1.29 is 9.53 Å². The van der Waals surface area contributed by atoms with Gasteiger partial charge < -0.3 is 4.74 Å². The minimum atomic E-state index is -0.0973. The molecule has 3 nitrogen and oxygen atoms in total. The van der Waals surface area contributed by atoms with Gasteiger partial charge >= 0.3 is 5.97 Å². The Morgan fingerprint density at radius 2 is 1.95 bits per heavy atom. The number of aryl methyl sites for hydroxylation is 3. The van der Waals surface area contributed by atoms with Crippen molar-refractivity contribution in [2.75, 3.05) is 13.7 Å². The summed E-state index contributed by atoms with van der Waals surface area (Å²) in [4.78, 5) is 14.0. The van der Waals surface area contributed by atoms with Crippen LogP contribution >= 0.6 is 0 Å². The largest absolute Gasteiger partial charge is 0.468 e. The number of ether oxygens (including phenoxy) is 1. The fourth-order valence-corrected chi connectivity index (χ4v) is 3.08. The number of nitrogens with zero attached hydrogens (tertiary/aromatic N) is 1. The van der Waals surface area contributed by atoms with Gasteiger partial charge in [-0.15, -0.1) is 0 Å². The topological polar surface area (TPSA) is 29.5 Å². The van der Waals surface area contributed by atoms with E-state index in [1.165, 1.54) is 29.4 Å². The van der Waals surface area contributed by atoms with Crippen LogP contribution in [0.5, 0.6) is 0 Å². The normalized spacial score (nSPS) is 19.7. The predicted molar refractivity (Wildman–Crippen MR) is 76.1 cm³/mol. The lowest BCUT2D eigenvalue weighted by atomic mass is 9.99. The zero-order valence-electron chi connectivity index (χ0n) is 12.3. The summed E-state index contributed by atoms with van der Waals surface area (Å²) in [5.41, 5.74) is 5.27. The first kappa shape index (κ1) is 14.1. The number of rotatable bonds is 3. The maximum absolute atomic E-state index is 11.8. The molecule has 1 heterocycles. The molecule has 0 saturated carbocycles. The molecule has 0 bridgehead atoms. The van der Waals surface area contributed by atoms with Crippen molar-refractivity contribution in [3.05, 3.63) is 34.4 Å². The van der Waals surface area contributed by atoms with Crippen molar-refractivity contribution in [3.63, 3.8) is 0 Å². The van der Waals surface area contributed by atoms with Gasteiger partial charge in [-0.2, -0.15) is 0 Å². The fourth-order valence-electron chi connectivity index (χ4n) is 3.08. The first-order valence-corrected chi connectivity index (χ1v) is 6.91. The number of esters is 1. The van der Waals surface area contributed by atoms with Crippen LogP contribution in [-0.2, 0) is 16.1 Å². The van der Waals surface area contributed by atoms with E-state index in [1.54, 1.807) is 0 Å². The summed E-state index contributed by atoms with van der Waals surface area (Å²) in [6, 6.07) is 4.36. The Bertz CT molecular complexity index is 459. The van der Waals surface area contributed by atoms with Crippen LogP contribution in [0.3, 0.4) is 0 Å². The summed E-state index contributed by atoms with van der Waals surface area (Å²) in [6.07, 6.45) is 1.99. The van der Waals surface area contributed by atoms with Crippen molar-refractivity contribution in [1.29, 1.82) is 0 Å². The number of benzene rings is 1. The molecule has 1 aromatic carbocycles. The summed E-state index contributed by atoms with van der Waals surface area (Å²) in [5.74, 6) is -0.0973. The van der Waals surface area contributed by atoms with Crippen molar-refractivity contribution in [2.24, 2.45) is 0 Å². The van der Waals surface area contributed by atoms with E-state index in [2.05, 4.69) is 37.8 Å². The maximum Gasteiger partial charge on any atom is 0.323 e. The second kappa shape index (κ2) is 5.74. The van der Waals surface area contributed by atoms with E-state index in [9.17, 15) is 4.79 Å². The van der Waals surface area contributed by atoms with Gasteiger partial charge in [0.2, 0.25) is 0 Å². The molecule has 1 saturated heterocycles. The Hall–Kier alpha value is -1.35. The number of carbonyl (C=O) groups is 1. The van der Waals surface area contributed by atoms with Crippen LogP contribution in [0.1, 0.15) is 35.1 Å². The van der Waals surface area contributed by atoms with E-state index in [-0.39, 0.29) is 12.0 Å². The molecule has 0 amide bonds. The van der Waals surface area contributed by atoms with Gasteiger partial charge in [0.25, 0.3) is 0 Å². The Balaban J connectivity index is 2.19. The van der Waals surface area contributed by atoms with Crippen LogP contribution < -0.4 is 0 Å². The van der Waals surface area contributed by atoms with E-state index in [1.807, 2.05) is 0 Å². The number of hydrogen-bond donors (Lipinski definition) is 0. The van der Waals surface area contributed by atoms with Gasteiger partial charge in [0.05, 0.1) is 7.11 Å². The lowest BCUT2D eigenvalue weighted by Crippen LogP contribution is -2.36. The molecule has 1 aliphatic heterocycles. The molecule has 1 aromatic rings. The van der Waals surface area contributed by atoms with Crippen LogP contribution in [0.2, 0.25) is 0 Å². The van der Waals surface area contributed by atoms with Gasteiger partial charge in [-0.25, -0.2) is 0 Å². The molecule has 0 radical (unpaired) electrons. The van der Waals surface area contributed by atoms with Gasteiger partial charge in [0.15, 0.2) is 0 Å². The van der Waals surface area contributed by atoms with Crippen LogP contribution in [0, 0.1) is 20.8 Å². The van der Waals surface area contributed by atoms with E-state index in [0.717, 1.165) is 25.9 Å². The average molecular weight is 261 g/mol. The molecule has 19 heavy (non-hydrogen) atoms. The quantitative estimate of drug-likeness (QED) is 0.784. The number of hydrogen-bond acceptors (Lipinski definition) is 3. The zero-order chi connectivity index (χ0) is 14.0. The third kappa shape index (κ3) is 2.98. The van der Waals surface area contributed by atoms with Gasteiger partial charge in [-0.1, -0.05) is 17.7 Å². The molecule has 3 heteroatoms. The van der Waals surface area contributed by atoms with E-state index in [4.69, 9.17) is 4.74 Å².